The zero-order valence-corrected chi connectivity index (χ0v) is 14.2. The van der Waals surface area contributed by atoms with Gasteiger partial charge in [-0.15, -0.1) is 0 Å². The van der Waals surface area contributed by atoms with Gasteiger partial charge in [-0.25, -0.2) is 0 Å². The van der Waals surface area contributed by atoms with Crippen molar-refractivity contribution in [3.8, 4) is 0 Å². The van der Waals surface area contributed by atoms with Crippen LogP contribution >= 0.6 is 0 Å². The maximum Gasteiger partial charge on any atom is 0.122 e. The minimum atomic E-state index is 0.675. The first-order valence-electron chi connectivity index (χ1n) is 8.54. The number of hydrogen-bond acceptors (Lipinski definition) is 3. The molecule has 2 atom stereocenters. The molecule has 0 spiro atoms. The first kappa shape index (κ1) is 16.6. The first-order chi connectivity index (χ1) is 10.1. The van der Waals surface area contributed by atoms with E-state index in [0.717, 1.165) is 37.4 Å². The molecule has 1 fully saturated rings. The highest BCUT2D eigenvalue weighted by Crippen LogP contribution is 2.28. The SMILES string of the molecule is CC(C)CNCc1occc1CN(C)C1CCCCC1C. The molecule has 1 aliphatic rings. The lowest BCUT2D eigenvalue weighted by atomic mass is 9.85. The number of furan rings is 1. The van der Waals surface area contributed by atoms with Crippen LogP contribution in [-0.4, -0.2) is 24.5 Å². The summed E-state index contributed by atoms with van der Waals surface area (Å²) < 4.78 is 5.67. The topological polar surface area (TPSA) is 28.4 Å². The van der Waals surface area contributed by atoms with Crippen molar-refractivity contribution in [1.29, 1.82) is 0 Å². The van der Waals surface area contributed by atoms with E-state index in [1.165, 1.54) is 31.2 Å². The van der Waals surface area contributed by atoms with E-state index < -0.39 is 0 Å². The van der Waals surface area contributed by atoms with Gasteiger partial charge in [-0.1, -0.05) is 33.6 Å². The Hall–Kier alpha value is -0.800. The summed E-state index contributed by atoms with van der Waals surface area (Å²) in [7, 11) is 2.27. The van der Waals surface area contributed by atoms with Crippen molar-refractivity contribution in [1.82, 2.24) is 10.2 Å². The van der Waals surface area contributed by atoms with Crippen LogP contribution in [0.5, 0.6) is 0 Å². The Morgan fingerprint density at radius 2 is 2.10 bits per heavy atom. The van der Waals surface area contributed by atoms with E-state index in [1.54, 1.807) is 0 Å². The van der Waals surface area contributed by atoms with E-state index in [1.807, 2.05) is 6.26 Å². The summed E-state index contributed by atoms with van der Waals surface area (Å²) in [5.41, 5.74) is 1.34. The number of nitrogens with zero attached hydrogens (tertiary/aromatic N) is 1. The van der Waals surface area contributed by atoms with E-state index in [2.05, 4.69) is 44.1 Å². The van der Waals surface area contributed by atoms with Gasteiger partial charge in [0.25, 0.3) is 0 Å². The number of hydrogen-bond donors (Lipinski definition) is 1. The van der Waals surface area contributed by atoms with E-state index in [9.17, 15) is 0 Å². The molecule has 1 heterocycles. The van der Waals surface area contributed by atoms with Crippen LogP contribution in [0.1, 0.15) is 57.8 Å². The van der Waals surface area contributed by atoms with Crippen molar-refractivity contribution in [2.24, 2.45) is 11.8 Å². The van der Waals surface area contributed by atoms with Crippen molar-refractivity contribution in [2.45, 2.75) is 65.6 Å². The van der Waals surface area contributed by atoms with Crippen LogP contribution in [0.4, 0.5) is 0 Å². The monoisotopic (exact) mass is 292 g/mol. The fourth-order valence-corrected chi connectivity index (χ4v) is 3.47. The lowest BCUT2D eigenvalue weighted by molar-refractivity contribution is 0.132. The fourth-order valence-electron chi connectivity index (χ4n) is 3.47. The highest BCUT2D eigenvalue weighted by atomic mass is 16.3. The second-order valence-electron chi connectivity index (χ2n) is 7.14. The summed E-state index contributed by atoms with van der Waals surface area (Å²) in [6.07, 6.45) is 7.34. The van der Waals surface area contributed by atoms with Crippen LogP contribution in [0.25, 0.3) is 0 Å². The minimum absolute atomic E-state index is 0.675. The zero-order valence-electron chi connectivity index (χ0n) is 14.2. The highest BCUT2D eigenvalue weighted by Gasteiger charge is 2.25. The van der Waals surface area contributed by atoms with E-state index >= 15 is 0 Å². The quantitative estimate of drug-likeness (QED) is 0.822. The zero-order chi connectivity index (χ0) is 15.2. The molecule has 1 saturated carbocycles. The molecule has 120 valence electrons. The molecule has 0 aliphatic heterocycles. The second-order valence-corrected chi connectivity index (χ2v) is 7.14. The molecule has 2 rings (SSSR count). The average Bonchev–Trinajstić information content (AvgIpc) is 2.86. The standard InChI is InChI=1S/C18H32N2O/c1-14(2)11-19-12-18-16(9-10-21-18)13-20(4)17-8-6-5-7-15(17)3/h9-10,14-15,17,19H,5-8,11-13H2,1-4H3. The Morgan fingerprint density at radius 3 is 2.81 bits per heavy atom. The molecule has 1 aromatic heterocycles. The molecule has 21 heavy (non-hydrogen) atoms. The molecule has 3 nitrogen and oxygen atoms in total. The molecule has 1 aliphatic carbocycles. The number of nitrogens with one attached hydrogen (secondary N) is 1. The van der Waals surface area contributed by atoms with Gasteiger partial charge in [0.15, 0.2) is 0 Å². The Kier molecular flexibility index (Phi) is 6.31. The van der Waals surface area contributed by atoms with Gasteiger partial charge in [-0.05, 0) is 44.3 Å². The molecule has 0 bridgehead atoms. The molecule has 0 amide bonds. The van der Waals surface area contributed by atoms with Crippen molar-refractivity contribution in [3.05, 3.63) is 23.7 Å². The molecule has 0 radical (unpaired) electrons. The Balaban J connectivity index is 1.88. The molecular formula is C18H32N2O. The Bertz CT molecular complexity index is 413. The molecule has 2 unspecified atom stereocenters. The van der Waals surface area contributed by atoms with Crippen LogP contribution < -0.4 is 5.32 Å². The summed E-state index contributed by atoms with van der Waals surface area (Å²) in [5.74, 6) is 2.60. The minimum Gasteiger partial charge on any atom is -0.468 e. The van der Waals surface area contributed by atoms with Crippen LogP contribution in [0, 0.1) is 11.8 Å². The molecule has 1 aromatic rings. The van der Waals surface area contributed by atoms with Gasteiger partial charge in [0.1, 0.15) is 5.76 Å². The third-order valence-corrected chi connectivity index (χ3v) is 4.73. The first-order valence-corrected chi connectivity index (χ1v) is 8.54. The van der Waals surface area contributed by atoms with Gasteiger partial charge >= 0.3 is 0 Å². The fraction of sp³-hybridized carbons (Fsp3) is 0.778. The molecular weight excluding hydrogens is 260 g/mol. The smallest absolute Gasteiger partial charge is 0.122 e. The van der Waals surface area contributed by atoms with Crippen LogP contribution in [0.3, 0.4) is 0 Å². The van der Waals surface area contributed by atoms with E-state index in [0.29, 0.717) is 5.92 Å². The maximum absolute atomic E-state index is 5.67. The van der Waals surface area contributed by atoms with Gasteiger partial charge in [0.05, 0.1) is 12.8 Å². The molecule has 3 heteroatoms. The molecule has 0 aromatic carbocycles. The predicted octanol–water partition coefficient (Wildman–Crippen LogP) is 4.04. The highest BCUT2D eigenvalue weighted by molar-refractivity contribution is 5.17. The van der Waals surface area contributed by atoms with Gasteiger partial charge in [0.2, 0.25) is 0 Å². The van der Waals surface area contributed by atoms with Gasteiger partial charge in [-0.3, -0.25) is 4.90 Å². The lowest BCUT2D eigenvalue weighted by Gasteiger charge is -2.36. The summed E-state index contributed by atoms with van der Waals surface area (Å²) in [6, 6.07) is 2.86. The molecule has 1 N–H and O–H groups in total. The van der Waals surface area contributed by atoms with E-state index in [-0.39, 0.29) is 0 Å². The maximum atomic E-state index is 5.67. The van der Waals surface area contributed by atoms with Crippen LogP contribution in [-0.2, 0) is 13.1 Å². The van der Waals surface area contributed by atoms with Crippen molar-refractivity contribution in [2.75, 3.05) is 13.6 Å². The van der Waals surface area contributed by atoms with Gasteiger partial charge in [0, 0.05) is 18.2 Å². The third-order valence-electron chi connectivity index (χ3n) is 4.73. The van der Waals surface area contributed by atoms with Crippen molar-refractivity contribution >= 4 is 0 Å². The summed E-state index contributed by atoms with van der Waals surface area (Å²) in [4.78, 5) is 2.53. The van der Waals surface area contributed by atoms with Crippen molar-refractivity contribution < 1.29 is 4.42 Å². The summed E-state index contributed by atoms with van der Waals surface area (Å²) in [6.45, 7) is 9.75. The normalized spacial score (nSPS) is 23.1. The average molecular weight is 292 g/mol. The van der Waals surface area contributed by atoms with Crippen LogP contribution in [0.15, 0.2) is 16.7 Å². The number of rotatable bonds is 7. The summed E-state index contributed by atoms with van der Waals surface area (Å²) in [5, 5.41) is 3.48. The Labute approximate surface area is 130 Å². The van der Waals surface area contributed by atoms with Gasteiger partial charge in [-0.2, -0.15) is 0 Å². The lowest BCUT2D eigenvalue weighted by Crippen LogP contribution is -2.38. The van der Waals surface area contributed by atoms with Crippen LogP contribution in [0.2, 0.25) is 0 Å². The predicted molar refractivity (Wildman–Crippen MR) is 88.1 cm³/mol. The molecule has 0 saturated heterocycles. The summed E-state index contributed by atoms with van der Waals surface area (Å²) >= 11 is 0. The van der Waals surface area contributed by atoms with E-state index in [4.69, 9.17) is 4.42 Å². The van der Waals surface area contributed by atoms with Crippen molar-refractivity contribution in [3.63, 3.8) is 0 Å². The second kappa shape index (κ2) is 8.00. The third kappa shape index (κ3) is 4.86. The Morgan fingerprint density at radius 1 is 1.33 bits per heavy atom. The van der Waals surface area contributed by atoms with Gasteiger partial charge < -0.3 is 9.73 Å². The largest absolute Gasteiger partial charge is 0.468 e.